The predicted molar refractivity (Wildman–Crippen MR) is 171 cm³/mol. The zero-order valence-electron chi connectivity index (χ0n) is 25.3. The van der Waals surface area contributed by atoms with Crippen LogP contribution in [0.5, 0.6) is 0 Å². The van der Waals surface area contributed by atoms with Crippen LogP contribution in [0.3, 0.4) is 0 Å². The van der Waals surface area contributed by atoms with Crippen LogP contribution in [0.2, 0.25) is 25.2 Å². The first kappa shape index (κ1) is 27.6. The summed E-state index contributed by atoms with van der Waals surface area (Å²) in [5.41, 5.74) is 13.7. The van der Waals surface area contributed by atoms with E-state index in [1.807, 2.05) is 0 Å². The van der Waals surface area contributed by atoms with Crippen molar-refractivity contribution < 1.29 is 0 Å². The summed E-state index contributed by atoms with van der Waals surface area (Å²) in [4.78, 5) is 0. The van der Waals surface area contributed by atoms with E-state index in [-0.39, 0.29) is 0 Å². The van der Waals surface area contributed by atoms with Crippen LogP contribution < -0.4 is 20.7 Å². The molecule has 0 aliphatic heterocycles. The standard InChI is InChI=1S/C35H46Si2/c1-22-19-31(36(10,11)12)21-32(20-22)37(33-17-13-15-23(2)25(33)4,34-18-14-16-24(3)26(34)5)35-29(8)27(6)28(7)30(35)9/h13-21,35H,1-12H3. The fourth-order valence-electron chi connectivity index (χ4n) is 6.73. The molecule has 4 rings (SSSR count). The van der Waals surface area contributed by atoms with Crippen LogP contribution in [-0.4, -0.2) is 16.1 Å². The van der Waals surface area contributed by atoms with Gasteiger partial charge in [-0.25, -0.2) is 0 Å². The molecule has 0 unspecified atom stereocenters. The molecule has 1 aliphatic rings. The number of rotatable bonds is 5. The Morgan fingerprint density at radius 2 is 0.973 bits per heavy atom. The third kappa shape index (κ3) is 4.36. The number of hydrogen-bond acceptors (Lipinski definition) is 0. The van der Waals surface area contributed by atoms with Gasteiger partial charge < -0.3 is 0 Å². The minimum atomic E-state index is -2.59. The average molecular weight is 523 g/mol. The maximum atomic E-state index is 2.65. The largest absolute Gasteiger partial charge is 0.159 e. The molecule has 3 aromatic carbocycles. The van der Waals surface area contributed by atoms with E-state index < -0.39 is 16.1 Å². The maximum absolute atomic E-state index is 2.65. The van der Waals surface area contributed by atoms with E-state index in [0.29, 0.717) is 5.54 Å². The van der Waals surface area contributed by atoms with Crippen LogP contribution in [0.4, 0.5) is 0 Å². The van der Waals surface area contributed by atoms with Crippen LogP contribution in [0.15, 0.2) is 76.9 Å². The summed E-state index contributed by atoms with van der Waals surface area (Å²) in [5.74, 6) is 0. The summed E-state index contributed by atoms with van der Waals surface area (Å²) in [7, 11) is -4.12. The molecule has 0 atom stereocenters. The Labute approximate surface area is 228 Å². The lowest BCUT2D eigenvalue weighted by Crippen LogP contribution is -2.72. The van der Waals surface area contributed by atoms with Gasteiger partial charge in [0, 0.05) is 5.54 Å². The fraction of sp³-hybridized carbons (Fsp3) is 0.371. The molecule has 3 aromatic rings. The molecule has 0 spiro atoms. The van der Waals surface area contributed by atoms with Crippen molar-refractivity contribution in [2.75, 3.05) is 0 Å². The van der Waals surface area contributed by atoms with Gasteiger partial charge in [-0.3, -0.25) is 0 Å². The van der Waals surface area contributed by atoms with Gasteiger partial charge in [-0.15, -0.1) is 0 Å². The molecule has 0 fully saturated rings. The van der Waals surface area contributed by atoms with E-state index in [9.17, 15) is 0 Å². The van der Waals surface area contributed by atoms with Gasteiger partial charge >= 0.3 is 0 Å². The lowest BCUT2D eigenvalue weighted by Gasteiger charge is -2.43. The second-order valence-electron chi connectivity index (χ2n) is 12.7. The zero-order valence-corrected chi connectivity index (χ0v) is 27.3. The molecule has 194 valence electrons. The van der Waals surface area contributed by atoms with E-state index in [0.717, 1.165) is 0 Å². The van der Waals surface area contributed by atoms with Crippen molar-refractivity contribution in [3.05, 3.63) is 105 Å². The summed E-state index contributed by atoms with van der Waals surface area (Å²) in [6.45, 7) is 28.7. The van der Waals surface area contributed by atoms with Gasteiger partial charge in [-0.1, -0.05) is 96.1 Å². The van der Waals surface area contributed by atoms with E-state index in [1.54, 1.807) is 31.9 Å². The lowest BCUT2D eigenvalue weighted by molar-refractivity contribution is 1.09. The van der Waals surface area contributed by atoms with Crippen molar-refractivity contribution in [2.45, 2.75) is 87.5 Å². The van der Waals surface area contributed by atoms with Crippen molar-refractivity contribution in [2.24, 2.45) is 0 Å². The van der Waals surface area contributed by atoms with Gasteiger partial charge in [0.05, 0.1) is 8.07 Å². The first-order valence-electron chi connectivity index (χ1n) is 13.8. The molecule has 0 bridgehead atoms. The summed E-state index contributed by atoms with van der Waals surface area (Å²) in [6, 6.07) is 21.9. The Kier molecular flexibility index (Phi) is 7.24. The summed E-state index contributed by atoms with van der Waals surface area (Å²) < 4.78 is 0. The van der Waals surface area contributed by atoms with Gasteiger partial charge in [0.2, 0.25) is 0 Å². The molecule has 0 aromatic heterocycles. The molecule has 0 nitrogen and oxygen atoms in total. The lowest BCUT2D eigenvalue weighted by atomic mass is 10.1. The van der Waals surface area contributed by atoms with E-state index >= 15 is 0 Å². The predicted octanol–water partition coefficient (Wildman–Crippen LogP) is 7.30. The van der Waals surface area contributed by atoms with Gasteiger partial charge in [-0.05, 0) is 111 Å². The van der Waals surface area contributed by atoms with Crippen molar-refractivity contribution >= 4 is 36.9 Å². The molecule has 0 radical (unpaired) electrons. The first-order valence-corrected chi connectivity index (χ1v) is 19.4. The maximum Gasteiger partial charge on any atom is 0.159 e. The zero-order chi connectivity index (χ0) is 27.4. The minimum absolute atomic E-state index is 0.407. The molecule has 37 heavy (non-hydrogen) atoms. The second kappa shape index (κ2) is 9.71. The summed E-state index contributed by atoms with van der Waals surface area (Å²) >= 11 is 0. The van der Waals surface area contributed by atoms with Crippen LogP contribution in [0.1, 0.15) is 55.5 Å². The molecule has 0 saturated heterocycles. The Bertz CT molecular complexity index is 1370. The quantitative estimate of drug-likeness (QED) is 0.244. The first-order chi connectivity index (χ1) is 17.2. The highest BCUT2D eigenvalue weighted by atomic mass is 28.3. The van der Waals surface area contributed by atoms with E-state index in [2.05, 4.69) is 137 Å². The molecular weight excluding hydrogens is 477 g/mol. The molecule has 1 aliphatic carbocycles. The molecule has 2 heteroatoms. The summed E-state index contributed by atoms with van der Waals surface area (Å²) in [5, 5.41) is 6.32. The second-order valence-corrected chi connectivity index (χ2v) is 21.6. The van der Waals surface area contributed by atoms with Crippen molar-refractivity contribution in [3.8, 4) is 0 Å². The Balaban J connectivity index is 2.33. The van der Waals surface area contributed by atoms with E-state index in [1.165, 1.54) is 39.0 Å². The highest BCUT2D eigenvalue weighted by Crippen LogP contribution is 2.47. The van der Waals surface area contributed by atoms with Gasteiger partial charge in [0.25, 0.3) is 0 Å². The van der Waals surface area contributed by atoms with Crippen molar-refractivity contribution in [3.63, 3.8) is 0 Å². The molecule has 0 heterocycles. The Hall–Kier alpha value is -2.43. The van der Waals surface area contributed by atoms with Crippen LogP contribution in [0, 0.1) is 34.6 Å². The highest BCUT2D eigenvalue weighted by Gasteiger charge is 2.52. The van der Waals surface area contributed by atoms with Crippen LogP contribution in [-0.2, 0) is 0 Å². The normalized spacial score (nSPS) is 15.2. The average Bonchev–Trinajstić information content (AvgIpc) is 3.02. The molecule has 0 amide bonds. The van der Waals surface area contributed by atoms with Crippen molar-refractivity contribution in [1.82, 2.24) is 0 Å². The smallest absolute Gasteiger partial charge is 0.0656 e. The third-order valence-electron chi connectivity index (χ3n) is 9.50. The topological polar surface area (TPSA) is 0 Å². The van der Waals surface area contributed by atoms with Crippen molar-refractivity contribution in [1.29, 1.82) is 0 Å². The highest BCUT2D eigenvalue weighted by molar-refractivity contribution is 7.13. The van der Waals surface area contributed by atoms with E-state index in [4.69, 9.17) is 0 Å². The SMILES string of the molecule is CC1=C(C)C([Si](c2cc(C)cc([Si](C)(C)C)c2)(c2cccc(C)c2C)c2cccc(C)c2C)C(C)=C1C. The third-order valence-corrected chi connectivity index (χ3v) is 17.2. The fourth-order valence-corrected chi connectivity index (χ4v) is 14.9. The minimum Gasteiger partial charge on any atom is -0.0656 e. The number of benzene rings is 3. The van der Waals surface area contributed by atoms with Gasteiger partial charge in [-0.2, -0.15) is 0 Å². The number of allylic oxidation sites excluding steroid dienone is 4. The molecule has 0 N–H and O–H groups in total. The Morgan fingerprint density at radius 1 is 0.541 bits per heavy atom. The number of hydrogen-bond donors (Lipinski definition) is 0. The Morgan fingerprint density at radius 3 is 1.41 bits per heavy atom. The monoisotopic (exact) mass is 522 g/mol. The number of aryl methyl sites for hydroxylation is 3. The molecular formula is C35H46Si2. The molecule has 0 saturated carbocycles. The summed E-state index contributed by atoms with van der Waals surface area (Å²) in [6.07, 6.45) is 0. The van der Waals surface area contributed by atoms with Gasteiger partial charge in [0.1, 0.15) is 0 Å². The van der Waals surface area contributed by atoms with Crippen LogP contribution >= 0.6 is 0 Å². The van der Waals surface area contributed by atoms with Gasteiger partial charge in [0.15, 0.2) is 8.07 Å². The van der Waals surface area contributed by atoms with Crippen LogP contribution in [0.25, 0.3) is 0 Å².